The third-order valence-electron chi connectivity index (χ3n) is 4.19. The van der Waals surface area contributed by atoms with E-state index in [1.807, 2.05) is 39.0 Å². The van der Waals surface area contributed by atoms with Gasteiger partial charge in [0.1, 0.15) is 0 Å². The summed E-state index contributed by atoms with van der Waals surface area (Å²) >= 11 is 0. The summed E-state index contributed by atoms with van der Waals surface area (Å²) < 4.78 is 20.0. The van der Waals surface area contributed by atoms with Crippen LogP contribution in [0.2, 0.25) is 0 Å². The highest BCUT2D eigenvalue weighted by atomic mass is 32.2. The van der Waals surface area contributed by atoms with Crippen LogP contribution in [-0.4, -0.2) is 37.4 Å². The fourth-order valence-electron chi connectivity index (χ4n) is 2.62. The first-order valence-electron chi connectivity index (χ1n) is 12.3. The van der Waals surface area contributed by atoms with E-state index in [4.69, 9.17) is 10.8 Å². The maximum Gasteiger partial charge on any atom is 0.209 e. The molecule has 0 aliphatic heterocycles. The first kappa shape index (κ1) is 39.0. The number of nitrogens with two attached hydrogens (primary N) is 2. The van der Waals surface area contributed by atoms with Crippen molar-refractivity contribution in [1.82, 2.24) is 0 Å². The lowest BCUT2D eigenvalue weighted by Crippen LogP contribution is -2.15. The second-order valence-corrected chi connectivity index (χ2v) is 9.42. The number of aliphatic hydroxyl groups excluding tert-OH is 1. The topological polar surface area (TPSA) is 138 Å². The molecule has 6 nitrogen and oxygen atoms in total. The van der Waals surface area contributed by atoms with E-state index in [2.05, 4.69) is 43.3 Å². The largest absolute Gasteiger partial charge is 0.412 e. The molecule has 198 valence electrons. The van der Waals surface area contributed by atoms with Gasteiger partial charge in [0.2, 0.25) is 10.0 Å². The number of primary sulfonamides is 1. The molecule has 7 heteroatoms. The van der Waals surface area contributed by atoms with Crippen LogP contribution >= 0.6 is 0 Å². The summed E-state index contributed by atoms with van der Waals surface area (Å²) in [5, 5.41) is 13.3. The van der Waals surface area contributed by atoms with Crippen LogP contribution in [0.5, 0.6) is 0 Å². The Kier molecular flexibility index (Phi) is 34.0. The summed E-state index contributed by atoms with van der Waals surface area (Å²) in [5.41, 5.74) is 6.26. The molecule has 2 aliphatic rings. The molecule has 0 saturated heterocycles. The standard InChI is InChI=1S/C9H12.C5H8O.C5H10.C3H9NO2S.C2H7N.C2H6.H2O/c1-8(2)9-6-4-3-5-7-9;6-5-3-1-2-4-5;1-2-4-5-3-1;1-2-3-7(4,5)6;1-2-3;1-2;/h3-8H,1-2H3;1,3,5-6H,2,4H2;1-5H2;2-3H2,1H3,(H2,4,5,6);2-3H2,1H3;1-2H3;1H2. The monoisotopic (exact) mass is 490 g/mol. The first-order valence-corrected chi connectivity index (χ1v) is 14.0. The van der Waals surface area contributed by atoms with Crippen molar-refractivity contribution in [3.8, 4) is 0 Å². The number of sulfonamides is 1. The molecule has 0 amide bonds. The summed E-state index contributed by atoms with van der Waals surface area (Å²) in [6, 6.07) is 10.5. The van der Waals surface area contributed by atoms with Crippen LogP contribution in [0.1, 0.15) is 104 Å². The van der Waals surface area contributed by atoms with E-state index >= 15 is 0 Å². The van der Waals surface area contributed by atoms with Crippen LogP contribution in [0.3, 0.4) is 0 Å². The maximum atomic E-state index is 10.0. The van der Waals surface area contributed by atoms with Gasteiger partial charge in [-0.05, 0) is 37.3 Å². The van der Waals surface area contributed by atoms with Crippen molar-refractivity contribution in [3.05, 3.63) is 48.0 Å². The molecule has 1 saturated carbocycles. The van der Waals surface area contributed by atoms with Gasteiger partial charge in [0.05, 0.1) is 11.9 Å². The number of aliphatic hydroxyl groups is 1. The number of rotatable bonds is 3. The van der Waals surface area contributed by atoms with Gasteiger partial charge >= 0.3 is 0 Å². The molecule has 1 atom stereocenters. The predicted molar refractivity (Wildman–Crippen MR) is 146 cm³/mol. The van der Waals surface area contributed by atoms with E-state index < -0.39 is 10.0 Å². The van der Waals surface area contributed by atoms with E-state index in [0.29, 0.717) is 12.3 Å². The summed E-state index contributed by atoms with van der Waals surface area (Å²) in [7, 11) is -3.17. The van der Waals surface area contributed by atoms with Crippen molar-refractivity contribution in [2.75, 3.05) is 12.3 Å². The summed E-state index contributed by atoms with van der Waals surface area (Å²) in [6.45, 7) is 12.8. The predicted octanol–water partition coefficient (Wildman–Crippen LogP) is 5.31. The van der Waals surface area contributed by atoms with Gasteiger partial charge in [-0.1, -0.05) is 116 Å². The normalized spacial score (nSPS) is 15.4. The van der Waals surface area contributed by atoms with Crippen LogP contribution in [0.15, 0.2) is 42.5 Å². The van der Waals surface area contributed by atoms with Gasteiger partial charge in [0.15, 0.2) is 0 Å². The molecule has 33 heavy (non-hydrogen) atoms. The number of allylic oxidation sites excluding steroid dienone is 1. The Labute approximate surface area is 205 Å². The fraction of sp³-hybridized carbons (Fsp3) is 0.692. The van der Waals surface area contributed by atoms with Crippen molar-refractivity contribution < 1.29 is 19.0 Å². The van der Waals surface area contributed by atoms with Gasteiger partial charge in [0, 0.05) is 0 Å². The summed E-state index contributed by atoms with van der Waals surface area (Å²) in [4.78, 5) is 0. The van der Waals surface area contributed by atoms with Crippen LogP contribution < -0.4 is 10.9 Å². The van der Waals surface area contributed by atoms with Gasteiger partial charge in [0.25, 0.3) is 0 Å². The van der Waals surface area contributed by atoms with Crippen LogP contribution in [0, 0.1) is 0 Å². The Morgan fingerprint density at radius 3 is 1.58 bits per heavy atom. The third-order valence-corrected chi connectivity index (χ3v) is 5.17. The molecular weight excluding hydrogens is 436 g/mol. The Morgan fingerprint density at radius 2 is 1.42 bits per heavy atom. The minimum atomic E-state index is -3.17. The van der Waals surface area contributed by atoms with E-state index in [9.17, 15) is 8.42 Å². The smallest absolute Gasteiger partial charge is 0.209 e. The Hall–Kier alpha value is -1.25. The zero-order chi connectivity index (χ0) is 25.3. The average molecular weight is 491 g/mol. The average Bonchev–Trinajstić information content (AvgIpc) is 3.48. The number of benzene rings is 1. The van der Waals surface area contributed by atoms with Crippen molar-refractivity contribution >= 4 is 10.0 Å². The lowest BCUT2D eigenvalue weighted by atomic mass is 10.0. The molecule has 0 radical (unpaired) electrons. The maximum absolute atomic E-state index is 10.0. The zero-order valence-electron chi connectivity index (χ0n) is 22.1. The van der Waals surface area contributed by atoms with Gasteiger partial charge in [-0.2, -0.15) is 0 Å². The Bertz CT molecular complexity index is 594. The number of hydrogen-bond acceptors (Lipinski definition) is 4. The molecule has 1 unspecified atom stereocenters. The van der Waals surface area contributed by atoms with E-state index in [0.717, 1.165) is 19.4 Å². The Balaban J connectivity index is -0.000000160. The number of hydrogen-bond donors (Lipinski definition) is 3. The molecule has 1 fully saturated rings. The highest BCUT2D eigenvalue weighted by Crippen LogP contribution is 2.15. The molecule has 2 aliphatic carbocycles. The van der Waals surface area contributed by atoms with Gasteiger partial charge in [-0.25, -0.2) is 13.6 Å². The molecule has 0 spiro atoms. The van der Waals surface area contributed by atoms with Crippen molar-refractivity contribution in [2.45, 2.75) is 105 Å². The zero-order valence-corrected chi connectivity index (χ0v) is 22.9. The van der Waals surface area contributed by atoms with Gasteiger partial charge in [-0.15, -0.1) is 0 Å². The molecule has 1 aromatic rings. The second kappa shape index (κ2) is 28.8. The lowest BCUT2D eigenvalue weighted by Gasteiger charge is -2.01. The van der Waals surface area contributed by atoms with Crippen molar-refractivity contribution in [3.63, 3.8) is 0 Å². The first-order chi connectivity index (χ1) is 15.2. The van der Waals surface area contributed by atoms with E-state index in [-0.39, 0.29) is 17.3 Å². The highest BCUT2D eigenvalue weighted by Gasteiger charge is 2.01. The van der Waals surface area contributed by atoms with Gasteiger partial charge < -0.3 is 16.3 Å². The molecule has 0 bridgehead atoms. The molecule has 7 N–H and O–H groups in total. The lowest BCUT2D eigenvalue weighted by molar-refractivity contribution is 0.223. The third kappa shape index (κ3) is 35.5. The second-order valence-electron chi connectivity index (χ2n) is 7.68. The van der Waals surface area contributed by atoms with Crippen molar-refractivity contribution in [2.24, 2.45) is 10.9 Å². The summed E-state index contributed by atoms with van der Waals surface area (Å²) in [6.07, 6.45) is 13.8. The fourth-order valence-corrected chi connectivity index (χ4v) is 3.19. The molecule has 0 heterocycles. The SMILES string of the molecule is C1CCCC1.CC.CC(C)c1ccccc1.CCCS(N)(=O)=O.CCN.O.OC1C=CCC1. The highest BCUT2D eigenvalue weighted by molar-refractivity contribution is 7.89. The molecule has 0 aromatic heterocycles. The molecule has 3 rings (SSSR count). The minimum absolute atomic E-state index is 0. The summed E-state index contributed by atoms with van der Waals surface area (Å²) in [5.74, 6) is 0.749. The molecule has 1 aromatic carbocycles. The van der Waals surface area contributed by atoms with E-state index in [1.54, 1.807) is 6.92 Å². The van der Waals surface area contributed by atoms with Crippen LogP contribution in [0.25, 0.3) is 0 Å². The van der Waals surface area contributed by atoms with E-state index in [1.165, 1.54) is 37.7 Å². The molecular formula is C26H54N2O4S. The van der Waals surface area contributed by atoms with Crippen LogP contribution in [0.4, 0.5) is 0 Å². The quantitative estimate of drug-likeness (QED) is 0.494. The van der Waals surface area contributed by atoms with Crippen molar-refractivity contribution in [1.29, 1.82) is 0 Å². The Morgan fingerprint density at radius 1 is 1.00 bits per heavy atom. The van der Waals surface area contributed by atoms with Gasteiger partial charge in [-0.3, -0.25) is 0 Å². The minimum Gasteiger partial charge on any atom is -0.412 e. The van der Waals surface area contributed by atoms with Crippen LogP contribution in [-0.2, 0) is 10.0 Å².